The first-order chi connectivity index (χ1) is 8.99. The molecule has 0 aliphatic heterocycles. The highest BCUT2D eigenvalue weighted by Crippen LogP contribution is 2.23. The van der Waals surface area contributed by atoms with Gasteiger partial charge in [0, 0.05) is 7.05 Å². The lowest BCUT2D eigenvalue weighted by Crippen LogP contribution is -2.02. The molecule has 4 nitrogen and oxygen atoms in total. The fourth-order valence-electron chi connectivity index (χ4n) is 2.40. The molecule has 0 unspecified atom stereocenters. The molecule has 0 fully saturated rings. The number of hydrogen-bond donors (Lipinski definition) is 1. The van der Waals surface area contributed by atoms with Gasteiger partial charge in [-0.25, -0.2) is 9.07 Å². The molecule has 3 aromatic rings. The van der Waals surface area contributed by atoms with Crippen LogP contribution in [0.2, 0.25) is 0 Å². The normalized spacial score (nSPS) is 11.4. The van der Waals surface area contributed by atoms with Crippen LogP contribution in [0.1, 0.15) is 11.3 Å². The topological polar surface area (TPSA) is 38.5 Å². The van der Waals surface area contributed by atoms with Crippen LogP contribution in [0.25, 0.3) is 16.9 Å². The van der Waals surface area contributed by atoms with Crippen LogP contribution in [0.4, 0.5) is 4.39 Å². The van der Waals surface area contributed by atoms with Gasteiger partial charge in [0.15, 0.2) is 10.4 Å². The number of aromatic amines is 1. The van der Waals surface area contributed by atoms with Gasteiger partial charge in [0.2, 0.25) is 0 Å². The molecule has 0 aliphatic carbocycles. The van der Waals surface area contributed by atoms with Crippen LogP contribution in [0, 0.1) is 24.4 Å². The summed E-state index contributed by atoms with van der Waals surface area (Å²) in [6.07, 6.45) is 0. The molecule has 98 valence electrons. The Balaban J connectivity index is 2.42. The molecule has 3 rings (SSSR count). The van der Waals surface area contributed by atoms with E-state index in [1.165, 1.54) is 12.1 Å². The molecule has 1 N–H and O–H groups in total. The number of nitrogens with one attached hydrogen (secondary N) is 1. The van der Waals surface area contributed by atoms with Crippen molar-refractivity contribution in [3.63, 3.8) is 0 Å². The highest BCUT2D eigenvalue weighted by atomic mass is 32.1. The van der Waals surface area contributed by atoms with E-state index in [4.69, 9.17) is 12.2 Å². The van der Waals surface area contributed by atoms with Gasteiger partial charge in [0.25, 0.3) is 0 Å². The Hall–Kier alpha value is -1.95. The Labute approximate surface area is 114 Å². The van der Waals surface area contributed by atoms with Crippen LogP contribution < -0.4 is 0 Å². The number of imidazole rings is 1. The third-order valence-corrected chi connectivity index (χ3v) is 3.52. The van der Waals surface area contributed by atoms with Gasteiger partial charge in [0.05, 0.1) is 11.4 Å². The number of nitrogens with zero attached hydrogens (tertiary/aromatic N) is 3. The molecule has 0 bridgehead atoms. The van der Waals surface area contributed by atoms with Gasteiger partial charge in [-0.3, -0.25) is 4.57 Å². The number of aromatic nitrogens is 4. The molecule has 0 spiro atoms. The van der Waals surface area contributed by atoms with Gasteiger partial charge in [-0.15, -0.1) is 0 Å². The summed E-state index contributed by atoms with van der Waals surface area (Å²) in [4.78, 5) is 3.16. The van der Waals surface area contributed by atoms with Crippen LogP contribution in [-0.2, 0) is 7.05 Å². The number of rotatable bonds is 1. The molecule has 0 saturated heterocycles. The van der Waals surface area contributed by atoms with E-state index < -0.39 is 0 Å². The predicted octanol–water partition coefficient (Wildman–Crippen LogP) is 3.18. The Morgan fingerprint density at radius 1 is 1.32 bits per heavy atom. The second-order valence-electron chi connectivity index (χ2n) is 4.60. The number of benzene rings is 1. The lowest BCUT2D eigenvalue weighted by molar-refractivity contribution is 0.626. The molecule has 2 heterocycles. The zero-order valence-electron chi connectivity index (χ0n) is 10.9. The standard InChI is InChI=1S/C13H13FN4S/c1-7-6-9(14)4-5-10(7)18-12-11(15-13(18)19)8(2)16-17(12)3/h4-6H,1-3H3,(H,15,19). The third-order valence-electron chi connectivity index (χ3n) is 3.24. The first-order valence-corrected chi connectivity index (χ1v) is 6.30. The Morgan fingerprint density at radius 2 is 2.05 bits per heavy atom. The highest BCUT2D eigenvalue weighted by Gasteiger charge is 2.15. The highest BCUT2D eigenvalue weighted by molar-refractivity contribution is 7.71. The fraction of sp³-hybridized carbons (Fsp3) is 0.231. The minimum atomic E-state index is -0.249. The van der Waals surface area contributed by atoms with Crippen molar-refractivity contribution in [1.82, 2.24) is 19.3 Å². The first kappa shape index (κ1) is 12.1. The van der Waals surface area contributed by atoms with Crippen molar-refractivity contribution >= 4 is 23.4 Å². The SMILES string of the molecule is Cc1cc(F)ccc1-n1c(=S)[nH]c2c(C)nn(C)c21. The number of halogens is 1. The van der Waals surface area contributed by atoms with E-state index in [1.54, 1.807) is 10.7 Å². The maximum atomic E-state index is 13.2. The van der Waals surface area contributed by atoms with Crippen LogP contribution in [0.5, 0.6) is 0 Å². The Morgan fingerprint density at radius 3 is 2.74 bits per heavy atom. The Bertz CT molecular complexity index is 840. The number of aryl methyl sites for hydroxylation is 3. The molecule has 0 saturated carbocycles. The second-order valence-corrected chi connectivity index (χ2v) is 4.99. The second kappa shape index (κ2) is 4.03. The Kier molecular flexibility index (Phi) is 2.56. The van der Waals surface area contributed by atoms with E-state index in [-0.39, 0.29) is 5.82 Å². The van der Waals surface area contributed by atoms with Crippen LogP contribution in [0.3, 0.4) is 0 Å². The minimum absolute atomic E-state index is 0.249. The summed E-state index contributed by atoms with van der Waals surface area (Å²) in [5, 5.41) is 4.37. The number of hydrogen-bond acceptors (Lipinski definition) is 2. The van der Waals surface area contributed by atoms with Gasteiger partial charge < -0.3 is 4.98 Å². The maximum absolute atomic E-state index is 13.2. The minimum Gasteiger partial charge on any atom is -0.327 e. The van der Waals surface area contributed by atoms with E-state index in [0.29, 0.717) is 4.77 Å². The van der Waals surface area contributed by atoms with Crippen molar-refractivity contribution in [3.8, 4) is 5.69 Å². The monoisotopic (exact) mass is 276 g/mol. The third kappa shape index (κ3) is 1.71. The zero-order valence-corrected chi connectivity index (χ0v) is 11.7. The predicted molar refractivity (Wildman–Crippen MR) is 74.7 cm³/mol. The molecular weight excluding hydrogens is 263 g/mol. The van der Waals surface area contributed by atoms with E-state index in [0.717, 1.165) is 28.1 Å². The summed E-state index contributed by atoms with van der Waals surface area (Å²) < 4.78 is 17.5. The molecular formula is C13H13FN4S. The van der Waals surface area contributed by atoms with Crippen molar-refractivity contribution in [1.29, 1.82) is 0 Å². The molecule has 2 aromatic heterocycles. The largest absolute Gasteiger partial charge is 0.327 e. The van der Waals surface area contributed by atoms with Gasteiger partial charge in [-0.1, -0.05) is 0 Å². The summed E-state index contributed by atoms with van der Waals surface area (Å²) in [5.74, 6) is -0.249. The molecule has 19 heavy (non-hydrogen) atoms. The average Bonchev–Trinajstić information content (AvgIpc) is 2.79. The lowest BCUT2D eigenvalue weighted by atomic mass is 10.2. The van der Waals surface area contributed by atoms with E-state index in [1.807, 2.05) is 25.5 Å². The lowest BCUT2D eigenvalue weighted by Gasteiger charge is -2.08. The van der Waals surface area contributed by atoms with Crippen molar-refractivity contribution in [3.05, 3.63) is 40.0 Å². The summed E-state index contributed by atoms with van der Waals surface area (Å²) in [6.45, 7) is 3.79. The van der Waals surface area contributed by atoms with Crippen molar-refractivity contribution in [2.75, 3.05) is 0 Å². The van der Waals surface area contributed by atoms with Gasteiger partial charge in [-0.2, -0.15) is 5.10 Å². The zero-order chi connectivity index (χ0) is 13.7. The molecule has 0 amide bonds. The summed E-state index contributed by atoms with van der Waals surface area (Å²) in [6, 6.07) is 4.67. The quantitative estimate of drug-likeness (QED) is 0.693. The average molecular weight is 276 g/mol. The molecule has 0 radical (unpaired) electrons. The fourth-order valence-corrected chi connectivity index (χ4v) is 2.69. The summed E-state index contributed by atoms with van der Waals surface area (Å²) in [5.41, 5.74) is 4.38. The molecule has 0 atom stereocenters. The van der Waals surface area contributed by atoms with E-state index >= 15 is 0 Å². The smallest absolute Gasteiger partial charge is 0.184 e. The molecule has 0 aliphatic rings. The van der Waals surface area contributed by atoms with Crippen molar-refractivity contribution in [2.45, 2.75) is 13.8 Å². The van der Waals surface area contributed by atoms with E-state index in [2.05, 4.69) is 10.1 Å². The molecule has 6 heteroatoms. The van der Waals surface area contributed by atoms with Gasteiger partial charge in [0.1, 0.15) is 11.3 Å². The van der Waals surface area contributed by atoms with E-state index in [9.17, 15) is 4.39 Å². The summed E-state index contributed by atoms with van der Waals surface area (Å²) in [7, 11) is 1.87. The van der Waals surface area contributed by atoms with Crippen molar-refractivity contribution < 1.29 is 4.39 Å². The molecule has 1 aromatic carbocycles. The first-order valence-electron chi connectivity index (χ1n) is 5.90. The van der Waals surface area contributed by atoms with Crippen LogP contribution in [0.15, 0.2) is 18.2 Å². The van der Waals surface area contributed by atoms with Crippen LogP contribution in [-0.4, -0.2) is 19.3 Å². The summed E-state index contributed by atoms with van der Waals surface area (Å²) >= 11 is 5.37. The maximum Gasteiger partial charge on any atom is 0.184 e. The number of H-pyrrole nitrogens is 1. The van der Waals surface area contributed by atoms with Crippen LogP contribution >= 0.6 is 12.2 Å². The van der Waals surface area contributed by atoms with Gasteiger partial charge >= 0.3 is 0 Å². The number of fused-ring (bicyclic) bond motifs is 1. The van der Waals surface area contributed by atoms with Gasteiger partial charge in [-0.05, 0) is 49.8 Å². The van der Waals surface area contributed by atoms with Crippen molar-refractivity contribution in [2.24, 2.45) is 7.05 Å².